The van der Waals surface area contributed by atoms with Crippen molar-refractivity contribution in [3.8, 4) is 0 Å². The lowest BCUT2D eigenvalue weighted by molar-refractivity contribution is -0.132. The van der Waals surface area contributed by atoms with Gasteiger partial charge in [0.05, 0.1) is 0 Å². The van der Waals surface area contributed by atoms with Gasteiger partial charge in [-0.25, -0.2) is 0 Å². The van der Waals surface area contributed by atoms with Gasteiger partial charge in [-0.05, 0) is 44.9 Å². The molecule has 2 aliphatic carbocycles. The summed E-state index contributed by atoms with van der Waals surface area (Å²) < 4.78 is 0. The minimum atomic E-state index is -0.0421. The first-order valence-corrected chi connectivity index (χ1v) is 7.23. The lowest BCUT2D eigenvalue weighted by atomic mass is 9.81. The number of carbonyl (C=O) groups excluding carboxylic acids is 1. The van der Waals surface area contributed by atoms with Crippen LogP contribution < -0.4 is 11.1 Å². The van der Waals surface area contributed by atoms with Crippen molar-refractivity contribution in [3.63, 3.8) is 0 Å². The Hall–Kier alpha value is -0.570. The Balaban J connectivity index is 1.87. The van der Waals surface area contributed by atoms with Crippen molar-refractivity contribution in [1.29, 1.82) is 0 Å². The summed E-state index contributed by atoms with van der Waals surface area (Å²) in [6.45, 7) is 2.15. The van der Waals surface area contributed by atoms with E-state index in [1.807, 2.05) is 0 Å². The molecule has 2 saturated carbocycles. The van der Waals surface area contributed by atoms with Crippen LogP contribution in [0.4, 0.5) is 0 Å². The van der Waals surface area contributed by atoms with Crippen molar-refractivity contribution in [2.45, 2.75) is 76.8 Å². The summed E-state index contributed by atoms with van der Waals surface area (Å²) in [4.78, 5) is 12.4. The lowest BCUT2D eigenvalue weighted by Crippen LogP contribution is -2.46. The summed E-state index contributed by atoms with van der Waals surface area (Å²) in [5.41, 5.74) is 5.85. The molecule has 17 heavy (non-hydrogen) atoms. The third kappa shape index (κ3) is 2.82. The maximum absolute atomic E-state index is 12.4. The number of rotatable bonds is 3. The van der Waals surface area contributed by atoms with Crippen molar-refractivity contribution in [2.24, 2.45) is 11.1 Å². The first kappa shape index (κ1) is 12.9. The van der Waals surface area contributed by atoms with Crippen LogP contribution >= 0.6 is 0 Å². The standard InChI is InChI=1S/C14H26N2O/c1-2-14(9-3-4-10-14)13(17)16-12-7-5-11(15)6-8-12/h11-12H,2-10,15H2,1H3,(H,16,17). The maximum atomic E-state index is 12.4. The van der Waals surface area contributed by atoms with Gasteiger partial charge in [0, 0.05) is 17.5 Å². The van der Waals surface area contributed by atoms with Crippen LogP contribution in [0.2, 0.25) is 0 Å². The molecule has 1 amide bonds. The number of nitrogens with two attached hydrogens (primary N) is 1. The predicted molar refractivity (Wildman–Crippen MR) is 69.6 cm³/mol. The van der Waals surface area contributed by atoms with Crippen molar-refractivity contribution < 1.29 is 4.79 Å². The van der Waals surface area contributed by atoms with Crippen LogP contribution in [0.15, 0.2) is 0 Å². The second kappa shape index (κ2) is 5.38. The Labute approximate surface area is 105 Å². The number of carbonyl (C=O) groups is 1. The molecule has 0 aliphatic heterocycles. The van der Waals surface area contributed by atoms with Crippen molar-refractivity contribution in [1.82, 2.24) is 5.32 Å². The molecule has 0 bridgehead atoms. The molecule has 0 unspecified atom stereocenters. The third-order valence-corrected chi connectivity index (χ3v) is 4.83. The van der Waals surface area contributed by atoms with E-state index in [1.165, 1.54) is 12.8 Å². The molecular weight excluding hydrogens is 212 g/mol. The van der Waals surface area contributed by atoms with E-state index in [4.69, 9.17) is 5.73 Å². The van der Waals surface area contributed by atoms with E-state index in [9.17, 15) is 4.79 Å². The van der Waals surface area contributed by atoms with Crippen LogP contribution in [0.1, 0.15) is 64.7 Å². The van der Waals surface area contributed by atoms with Crippen LogP contribution in [0, 0.1) is 5.41 Å². The topological polar surface area (TPSA) is 55.1 Å². The summed E-state index contributed by atoms with van der Waals surface area (Å²) in [5, 5.41) is 3.28. The minimum Gasteiger partial charge on any atom is -0.353 e. The molecule has 98 valence electrons. The molecular formula is C14H26N2O. The third-order valence-electron chi connectivity index (χ3n) is 4.83. The molecule has 0 heterocycles. The Bertz CT molecular complexity index is 263. The highest BCUT2D eigenvalue weighted by atomic mass is 16.2. The van der Waals surface area contributed by atoms with Crippen LogP contribution in [0.5, 0.6) is 0 Å². The normalized spacial score (nSPS) is 32.4. The van der Waals surface area contributed by atoms with Crippen LogP contribution in [0.25, 0.3) is 0 Å². The largest absolute Gasteiger partial charge is 0.353 e. The van der Waals surface area contributed by atoms with Gasteiger partial charge >= 0.3 is 0 Å². The lowest BCUT2D eigenvalue weighted by Gasteiger charge is -2.32. The second-order valence-corrected chi connectivity index (χ2v) is 5.93. The molecule has 2 fully saturated rings. The van der Waals surface area contributed by atoms with Crippen LogP contribution in [-0.4, -0.2) is 18.0 Å². The Morgan fingerprint density at radius 1 is 1.24 bits per heavy atom. The second-order valence-electron chi connectivity index (χ2n) is 5.93. The van der Waals surface area contributed by atoms with Gasteiger partial charge in [-0.3, -0.25) is 4.79 Å². The Morgan fingerprint density at radius 2 is 1.82 bits per heavy atom. The smallest absolute Gasteiger partial charge is 0.226 e. The highest BCUT2D eigenvalue weighted by Crippen LogP contribution is 2.41. The van der Waals surface area contributed by atoms with E-state index < -0.39 is 0 Å². The maximum Gasteiger partial charge on any atom is 0.226 e. The van der Waals surface area contributed by atoms with Crippen molar-refractivity contribution in [2.75, 3.05) is 0 Å². The molecule has 0 aromatic rings. The van der Waals surface area contributed by atoms with Gasteiger partial charge < -0.3 is 11.1 Å². The van der Waals surface area contributed by atoms with Gasteiger partial charge in [0.2, 0.25) is 5.91 Å². The molecule has 2 rings (SSSR count). The Kier molecular flexibility index (Phi) is 4.08. The van der Waals surface area contributed by atoms with Gasteiger partial charge in [-0.15, -0.1) is 0 Å². The monoisotopic (exact) mass is 238 g/mol. The van der Waals surface area contributed by atoms with Gasteiger partial charge in [0.25, 0.3) is 0 Å². The zero-order valence-electron chi connectivity index (χ0n) is 11.0. The molecule has 0 aromatic heterocycles. The number of amides is 1. The van der Waals surface area contributed by atoms with E-state index in [2.05, 4.69) is 12.2 Å². The van der Waals surface area contributed by atoms with Gasteiger partial charge in [-0.2, -0.15) is 0 Å². The van der Waals surface area contributed by atoms with Gasteiger partial charge in [0.1, 0.15) is 0 Å². The van der Waals surface area contributed by atoms with Gasteiger partial charge in [-0.1, -0.05) is 19.8 Å². The molecule has 0 saturated heterocycles. The molecule has 2 aliphatic rings. The van der Waals surface area contributed by atoms with Crippen molar-refractivity contribution >= 4 is 5.91 Å². The summed E-state index contributed by atoms with van der Waals surface area (Å²) >= 11 is 0. The van der Waals surface area contributed by atoms with Crippen LogP contribution in [-0.2, 0) is 4.79 Å². The molecule has 0 atom stereocenters. The molecule has 0 spiro atoms. The van der Waals surface area contributed by atoms with Crippen molar-refractivity contribution in [3.05, 3.63) is 0 Å². The summed E-state index contributed by atoms with van der Waals surface area (Å²) in [5.74, 6) is 0.318. The molecule has 3 nitrogen and oxygen atoms in total. The zero-order valence-corrected chi connectivity index (χ0v) is 11.0. The fourth-order valence-electron chi connectivity index (χ4n) is 3.39. The molecule has 3 heteroatoms. The minimum absolute atomic E-state index is 0.0421. The fraction of sp³-hybridized carbons (Fsp3) is 0.929. The quantitative estimate of drug-likeness (QED) is 0.793. The average molecular weight is 238 g/mol. The first-order chi connectivity index (χ1) is 8.16. The molecule has 0 aromatic carbocycles. The molecule has 0 radical (unpaired) electrons. The number of nitrogens with one attached hydrogen (secondary N) is 1. The highest BCUT2D eigenvalue weighted by molar-refractivity contribution is 5.83. The summed E-state index contributed by atoms with van der Waals surface area (Å²) in [6, 6.07) is 0.737. The van der Waals surface area contributed by atoms with E-state index in [1.54, 1.807) is 0 Å². The van der Waals surface area contributed by atoms with Crippen LogP contribution in [0.3, 0.4) is 0 Å². The first-order valence-electron chi connectivity index (χ1n) is 7.23. The summed E-state index contributed by atoms with van der Waals surface area (Å²) in [7, 11) is 0. The average Bonchev–Trinajstić information content (AvgIpc) is 2.82. The van der Waals surface area contributed by atoms with Gasteiger partial charge in [0.15, 0.2) is 0 Å². The van der Waals surface area contributed by atoms with E-state index in [-0.39, 0.29) is 5.41 Å². The predicted octanol–water partition coefficient (Wildman–Crippen LogP) is 2.34. The van der Waals surface area contributed by atoms with E-state index >= 15 is 0 Å². The SMILES string of the molecule is CCC1(C(=O)NC2CCC(N)CC2)CCCC1. The molecule has 3 N–H and O–H groups in total. The highest BCUT2D eigenvalue weighted by Gasteiger charge is 2.40. The fourth-order valence-corrected chi connectivity index (χ4v) is 3.39. The zero-order chi connectivity index (χ0) is 12.3. The van der Waals surface area contributed by atoms with E-state index in [0.717, 1.165) is 44.9 Å². The number of hydrogen-bond acceptors (Lipinski definition) is 2. The van der Waals surface area contributed by atoms with E-state index in [0.29, 0.717) is 18.0 Å². The Morgan fingerprint density at radius 3 is 2.35 bits per heavy atom. The number of hydrogen-bond donors (Lipinski definition) is 2. The summed E-state index contributed by atoms with van der Waals surface area (Å²) in [6.07, 6.45) is 9.84.